The van der Waals surface area contributed by atoms with E-state index in [4.69, 9.17) is 4.74 Å². The van der Waals surface area contributed by atoms with Gasteiger partial charge in [-0.1, -0.05) is 12.8 Å². The second kappa shape index (κ2) is 9.87. The smallest absolute Gasteiger partial charge is 0.225 e. The molecule has 9 heteroatoms. The van der Waals surface area contributed by atoms with E-state index in [9.17, 15) is 13.2 Å². The number of carbonyl (C=O) groups excluding carboxylic acids is 1. The van der Waals surface area contributed by atoms with Crippen molar-refractivity contribution >= 4 is 28.3 Å². The van der Waals surface area contributed by atoms with E-state index in [1.165, 1.54) is 0 Å². The number of hydrogen-bond donors (Lipinski definition) is 2. The van der Waals surface area contributed by atoms with Crippen molar-refractivity contribution in [1.29, 1.82) is 0 Å². The molecule has 27 heavy (non-hydrogen) atoms. The Balaban J connectivity index is 0.00000261. The lowest BCUT2D eigenvalue weighted by molar-refractivity contribution is -0.136. The highest BCUT2D eigenvalue weighted by Gasteiger charge is 2.38. The summed E-state index contributed by atoms with van der Waals surface area (Å²) >= 11 is 0. The molecule has 2 unspecified atom stereocenters. The third kappa shape index (κ3) is 5.56. The average Bonchev–Trinajstić information content (AvgIpc) is 3.33. The summed E-state index contributed by atoms with van der Waals surface area (Å²) in [6, 6.07) is 0. The molecule has 0 aromatic heterocycles. The summed E-state index contributed by atoms with van der Waals surface area (Å²) in [5, 5.41) is 2.88. The highest BCUT2D eigenvalue weighted by atomic mass is 35.5. The number of amides is 1. The summed E-state index contributed by atoms with van der Waals surface area (Å²) < 4.78 is 33.8. The minimum Gasteiger partial charge on any atom is -0.383 e. The zero-order valence-corrected chi connectivity index (χ0v) is 17.9. The van der Waals surface area contributed by atoms with E-state index in [-0.39, 0.29) is 29.8 Å². The standard InChI is InChI=1S/C18H33N3O4S.ClH/c1-25-14-18(9-5-10-19-18)13-20-26(23,24)16-8-4-11-21(12-16)17(22)15-6-2-3-7-15;/h15-16,19-20H,2-14H2,1H3;1H. The molecule has 0 aromatic rings. The lowest BCUT2D eigenvalue weighted by atomic mass is 9.99. The molecule has 2 atom stereocenters. The number of carbonyl (C=O) groups is 1. The van der Waals surface area contributed by atoms with Gasteiger partial charge in [-0.25, -0.2) is 13.1 Å². The van der Waals surface area contributed by atoms with Gasteiger partial charge in [-0.05, 0) is 45.1 Å². The van der Waals surface area contributed by atoms with Crippen molar-refractivity contribution < 1.29 is 17.9 Å². The number of ether oxygens (including phenoxy) is 1. The molecular formula is C18H34ClN3O4S. The molecule has 3 fully saturated rings. The first-order valence-electron chi connectivity index (χ1n) is 9.97. The fourth-order valence-corrected chi connectivity index (χ4v) is 6.22. The molecule has 2 N–H and O–H groups in total. The SMILES string of the molecule is COCC1(CNS(=O)(=O)C2CCCN(C(=O)C3CCCC3)C2)CCCN1.Cl. The van der Waals surface area contributed by atoms with Gasteiger partial charge in [0.25, 0.3) is 0 Å². The fourth-order valence-electron chi connectivity index (χ4n) is 4.65. The van der Waals surface area contributed by atoms with Crippen molar-refractivity contribution in [3.63, 3.8) is 0 Å². The van der Waals surface area contributed by atoms with Crippen LogP contribution >= 0.6 is 12.4 Å². The van der Waals surface area contributed by atoms with Crippen LogP contribution in [0.1, 0.15) is 51.4 Å². The molecule has 2 saturated heterocycles. The topological polar surface area (TPSA) is 87.7 Å². The Morgan fingerprint density at radius 1 is 1.22 bits per heavy atom. The normalized spacial score (nSPS) is 29.7. The van der Waals surface area contributed by atoms with Crippen LogP contribution in [-0.4, -0.2) is 69.9 Å². The predicted molar refractivity (Wildman–Crippen MR) is 108 cm³/mol. The highest BCUT2D eigenvalue weighted by Crippen LogP contribution is 2.28. The molecular weight excluding hydrogens is 390 g/mol. The van der Waals surface area contributed by atoms with Crippen molar-refractivity contribution in [3.8, 4) is 0 Å². The van der Waals surface area contributed by atoms with Crippen LogP contribution in [0.15, 0.2) is 0 Å². The molecule has 7 nitrogen and oxygen atoms in total. The number of rotatable bonds is 7. The Kier molecular flexibility index (Phi) is 8.36. The minimum atomic E-state index is -3.46. The van der Waals surface area contributed by atoms with Crippen molar-refractivity contribution in [2.45, 2.75) is 62.2 Å². The Hall–Kier alpha value is -0.410. The van der Waals surface area contributed by atoms with Gasteiger partial charge in [-0.2, -0.15) is 0 Å². The average molecular weight is 424 g/mol. The number of nitrogens with zero attached hydrogens (tertiary/aromatic N) is 1. The summed E-state index contributed by atoms with van der Waals surface area (Å²) in [5.41, 5.74) is -0.310. The summed E-state index contributed by atoms with van der Waals surface area (Å²) in [4.78, 5) is 14.5. The molecule has 0 aromatic carbocycles. The number of nitrogens with one attached hydrogen (secondary N) is 2. The Labute approximate surface area is 169 Å². The van der Waals surface area contributed by atoms with Crippen molar-refractivity contribution in [2.75, 3.05) is 39.9 Å². The van der Waals surface area contributed by atoms with Gasteiger partial charge in [0.05, 0.1) is 17.4 Å². The van der Waals surface area contributed by atoms with Crippen LogP contribution in [0.2, 0.25) is 0 Å². The Morgan fingerprint density at radius 2 is 1.96 bits per heavy atom. The fraction of sp³-hybridized carbons (Fsp3) is 0.944. The molecule has 1 aliphatic carbocycles. The van der Waals surface area contributed by atoms with Gasteiger partial charge < -0.3 is 15.0 Å². The van der Waals surface area contributed by atoms with E-state index < -0.39 is 15.3 Å². The lowest BCUT2D eigenvalue weighted by Crippen LogP contribution is -2.56. The van der Waals surface area contributed by atoms with Crippen LogP contribution < -0.4 is 10.0 Å². The van der Waals surface area contributed by atoms with Crippen LogP contribution in [0.4, 0.5) is 0 Å². The van der Waals surface area contributed by atoms with E-state index in [0.717, 1.165) is 51.5 Å². The third-order valence-electron chi connectivity index (χ3n) is 6.20. The van der Waals surface area contributed by atoms with E-state index >= 15 is 0 Å². The van der Waals surface area contributed by atoms with Crippen LogP contribution in [0, 0.1) is 5.92 Å². The molecule has 3 rings (SSSR count). The third-order valence-corrected chi connectivity index (χ3v) is 8.01. The minimum absolute atomic E-state index is 0. The molecule has 2 heterocycles. The van der Waals surface area contributed by atoms with E-state index in [2.05, 4.69) is 10.0 Å². The number of likely N-dealkylation sites (tertiary alicyclic amines) is 1. The van der Waals surface area contributed by atoms with Crippen LogP contribution in [0.25, 0.3) is 0 Å². The van der Waals surface area contributed by atoms with Gasteiger partial charge >= 0.3 is 0 Å². The van der Waals surface area contributed by atoms with Crippen LogP contribution in [0.3, 0.4) is 0 Å². The predicted octanol–water partition coefficient (Wildman–Crippen LogP) is 1.28. The zero-order chi connectivity index (χ0) is 18.6. The zero-order valence-electron chi connectivity index (χ0n) is 16.2. The maximum absolute atomic E-state index is 12.9. The van der Waals surface area contributed by atoms with Crippen LogP contribution in [0.5, 0.6) is 0 Å². The molecule has 1 amide bonds. The van der Waals surface area contributed by atoms with Crippen molar-refractivity contribution in [2.24, 2.45) is 5.92 Å². The molecule has 158 valence electrons. The van der Waals surface area contributed by atoms with Crippen molar-refractivity contribution in [1.82, 2.24) is 14.9 Å². The van der Waals surface area contributed by atoms with Gasteiger partial charge in [0, 0.05) is 32.7 Å². The van der Waals surface area contributed by atoms with Gasteiger partial charge in [0.2, 0.25) is 15.9 Å². The number of piperidine rings is 1. The first-order chi connectivity index (χ1) is 12.5. The van der Waals surface area contributed by atoms with Gasteiger partial charge in [-0.15, -0.1) is 12.4 Å². The van der Waals surface area contributed by atoms with Gasteiger partial charge in [0.15, 0.2) is 0 Å². The Bertz CT molecular complexity index is 589. The molecule has 0 radical (unpaired) electrons. The largest absolute Gasteiger partial charge is 0.383 e. The molecule has 1 saturated carbocycles. The quantitative estimate of drug-likeness (QED) is 0.644. The van der Waals surface area contributed by atoms with Crippen molar-refractivity contribution in [3.05, 3.63) is 0 Å². The second-order valence-corrected chi connectivity index (χ2v) is 10.2. The first-order valence-corrected chi connectivity index (χ1v) is 11.5. The summed E-state index contributed by atoms with van der Waals surface area (Å²) in [7, 11) is -1.81. The van der Waals surface area contributed by atoms with Gasteiger partial charge in [-0.3, -0.25) is 4.79 Å². The van der Waals surface area contributed by atoms with E-state index in [1.54, 1.807) is 12.0 Å². The molecule has 2 aliphatic heterocycles. The highest BCUT2D eigenvalue weighted by molar-refractivity contribution is 7.90. The van der Waals surface area contributed by atoms with E-state index in [0.29, 0.717) is 32.7 Å². The number of methoxy groups -OCH3 is 1. The number of hydrogen-bond acceptors (Lipinski definition) is 5. The molecule has 3 aliphatic rings. The lowest BCUT2D eigenvalue weighted by Gasteiger charge is -2.35. The second-order valence-electron chi connectivity index (χ2n) is 8.14. The van der Waals surface area contributed by atoms with Gasteiger partial charge in [0.1, 0.15) is 0 Å². The van der Waals surface area contributed by atoms with E-state index in [1.807, 2.05) is 0 Å². The van der Waals surface area contributed by atoms with Crippen LogP contribution in [-0.2, 0) is 19.6 Å². The summed E-state index contributed by atoms with van der Waals surface area (Å²) in [5.74, 6) is 0.271. The maximum atomic E-state index is 12.9. The maximum Gasteiger partial charge on any atom is 0.225 e. The molecule has 0 bridgehead atoms. The Morgan fingerprint density at radius 3 is 2.59 bits per heavy atom. The summed E-state index contributed by atoms with van der Waals surface area (Å²) in [6.45, 7) is 2.74. The summed E-state index contributed by atoms with van der Waals surface area (Å²) in [6.07, 6.45) is 7.44. The number of halogens is 1. The monoisotopic (exact) mass is 423 g/mol. The molecule has 0 spiro atoms. The number of sulfonamides is 1. The first kappa shape index (κ1) is 22.9.